The van der Waals surface area contributed by atoms with E-state index in [0.29, 0.717) is 36.6 Å². The highest BCUT2D eigenvalue weighted by Gasteiger charge is 2.29. The number of rotatable bonds is 5. The Morgan fingerprint density at radius 1 is 1.32 bits per heavy atom. The Balaban J connectivity index is 1.84. The van der Waals surface area contributed by atoms with Crippen LogP contribution >= 0.6 is 0 Å². The van der Waals surface area contributed by atoms with Gasteiger partial charge in [-0.2, -0.15) is 0 Å². The van der Waals surface area contributed by atoms with Crippen molar-refractivity contribution in [2.45, 2.75) is 13.0 Å². The van der Waals surface area contributed by atoms with Gasteiger partial charge in [0.25, 0.3) is 11.8 Å². The number of benzene rings is 1. The molecule has 1 aromatic heterocycles. The van der Waals surface area contributed by atoms with E-state index >= 15 is 0 Å². The Kier molecular flexibility index (Phi) is 5.53. The summed E-state index contributed by atoms with van der Waals surface area (Å²) in [5, 5.41) is 12.6. The van der Waals surface area contributed by atoms with E-state index in [2.05, 4.69) is 10.3 Å². The van der Waals surface area contributed by atoms with Crippen molar-refractivity contribution in [3.05, 3.63) is 41.1 Å². The van der Waals surface area contributed by atoms with Crippen LogP contribution in [0.25, 0.3) is 0 Å². The van der Waals surface area contributed by atoms with E-state index in [-0.39, 0.29) is 23.1 Å². The molecule has 2 aromatic rings. The van der Waals surface area contributed by atoms with Gasteiger partial charge in [0.15, 0.2) is 5.75 Å². The molecule has 9 heteroatoms. The first-order chi connectivity index (χ1) is 13.5. The first-order valence-corrected chi connectivity index (χ1v) is 8.59. The molecule has 1 aliphatic rings. The number of nitrogens with zero attached hydrogens (tertiary/aromatic N) is 2. The van der Waals surface area contributed by atoms with Crippen molar-refractivity contribution >= 4 is 12.0 Å². The van der Waals surface area contributed by atoms with Crippen LogP contribution in [-0.4, -0.2) is 54.8 Å². The summed E-state index contributed by atoms with van der Waals surface area (Å²) < 4.78 is 15.5. The molecule has 9 nitrogen and oxygen atoms in total. The first kappa shape index (κ1) is 19.3. The summed E-state index contributed by atoms with van der Waals surface area (Å²) in [5.41, 5.74) is 1.52. The molecule has 0 spiro atoms. The van der Waals surface area contributed by atoms with Crippen LogP contribution in [0.3, 0.4) is 0 Å². The fraction of sp³-hybridized carbons (Fsp3) is 0.316. The molecule has 0 atom stereocenters. The third kappa shape index (κ3) is 3.64. The molecule has 0 fully saturated rings. The molecule has 0 aliphatic carbocycles. The van der Waals surface area contributed by atoms with Crippen molar-refractivity contribution in [3.63, 3.8) is 0 Å². The number of carbonyl (C=O) groups excluding carboxylic acids is 2. The fourth-order valence-corrected chi connectivity index (χ4v) is 3.03. The number of aromatic nitrogens is 1. The third-order valence-corrected chi connectivity index (χ3v) is 4.52. The van der Waals surface area contributed by atoms with Gasteiger partial charge >= 0.3 is 6.09 Å². The van der Waals surface area contributed by atoms with E-state index in [9.17, 15) is 14.7 Å². The van der Waals surface area contributed by atoms with Crippen LogP contribution in [0.5, 0.6) is 23.1 Å². The molecule has 0 radical (unpaired) electrons. The topological polar surface area (TPSA) is 110 Å². The highest BCUT2D eigenvalue weighted by molar-refractivity contribution is 5.97. The minimum atomic E-state index is -0.752. The van der Waals surface area contributed by atoms with Crippen LogP contribution in [0.2, 0.25) is 0 Å². The zero-order chi connectivity index (χ0) is 20.3. The Morgan fingerprint density at radius 3 is 2.79 bits per heavy atom. The average Bonchev–Trinajstić information content (AvgIpc) is 2.72. The van der Waals surface area contributed by atoms with Crippen molar-refractivity contribution in [1.29, 1.82) is 0 Å². The van der Waals surface area contributed by atoms with Crippen molar-refractivity contribution in [2.24, 2.45) is 0 Å². The number of nitrogens with one attached hydrogen (secondary N) is 1. The molecule has 2 amide bonds. The number of methoxy groups -OCH3 is 2. The summed E-state index contributed by atoms with van der Waals surface area (Å²) in [5.74, 6) is 0.489. The second-order valence-electron chi connectivity index (χ2n) is 6.10. The number of hydrogen-bond donors (Lipinski definition) is 2. The minimum absolute atomic E-state index is 0.226. The highest BCUT2D eigenvalue weighted by Crippen LogP contribution is 2.34. The van der Waals surface area contributed by atoms with E-state index in [0.717, 1.165) is 5.56 Å². The molecule has 3 rings (SSSR count). The first-order valence-electron chi connectivity index (χ1n) is 8.59. The normalized spacial score (nSPS) is 13.0. The van der Waals surface area contributed by atoms with Crippen LogP contribution in [0, 0.1) is 0 Å². The lowest BCUT2D eigenvalue weighted by atomic mass is 9.99. The van der Waals surface area contributed by atoms with Crippen LogP contribution in [0.1, 0.15) is 21.5 Å². The SMILES string of the molecule is CNC(=O)Oc1ncc2c(c1O)CCN(Cc1ccc(OC)cc1OC)C2=O. The third-order valence-electron chi connectivity index (χ3n) is 4.52. The fourth-order valence-electron chi connectivity index (χ4n) is 3.03. The highest BCUT2D eigenvalue weighted by atomic mass is 16.6. The van der Waals surface area contributed by atoms with Gasteiger partial charge in [-0.25, -0.2) is 9.78 Å². The lowest BCUT2D eigenvalue weighted by Gasteiger charge is -2.29. The number of carbonyl (C=O) groups is 2. The number of aromatic hydroxyl groups is 1. The maximum Gasteiger partial charge on any atom is 0.413 e. The lowest BCUT2D eigenvalue weighted by molar-refractivity contribution is 0.0723. The van der Waals surface area contributed by atoms with Gasteiger partial charge in [0.05, 0.1) is 19.8 Å². The summed E-state index contributed by atoms with van der Waals surface area (Å²) >= 11 is 0. The molecule has 2 heterocycles. The van der Waals surface area contributed by atoms with E-state index in [1.807, 2.05) is 6.07 Å². The van der Waals surface area contributed by atoms with Gasteiger partial charge in [-0.15, -0.1) is 0 Å². The molecule has 1 aliphatic heterocycles. The average molecular weight is 387 g/mol. The molecule has 148 valence electrons. The lowest BCUT2D eigenvalue weighted by Crippen LogP contribution is -2.37. The maximum absolute atomic E-state index is 12.9. The van der Waals surface area contributed by atoms with Crippen LogP contribution < -0.4 is 19.5 Å². The van der Waals surface area contributed by atoms with E-state index in [4.69, 9.17) is 14.2 Å². The standard InChI is InChI=1S/C19H21N3O6/c1-20-19(25)28-17-16(23)13-6-7-22(18(24)14(13)9-21-17)10-11-4-5-12(26-2)8-15(11)27-3/h4-5,8-9,23H,6-7,10H2,1-3H3,(H,20,25). The molecule has 0 unspecified atom stereocenters. The minimum Gasteiger partial charge on any atom is -0.503 e. The van der Waals surface area contributed by atoms with E-state index < -0.39 is 6.09 Å². The molecule has 28 heavy (non-hydrogen) atoms. The monoisotopic (exact) mass is 387 g/mol. The van der Waals surface area contributed by atoms with Gasteiger partial charge in [-0.1, -0.05) is 0 Å². The Labute approximate surface area is 161 Å². The van der Waals surface area contributed by atoms with Crippen LogP contribution in [-0.2, 0) is 13.0 Å². The number of ether oxygens (including phenoxy) is 3. The smallest absolute Gasteiger partial charge is 0.413 e. The van der Waals surface area contributed by atoms with E-state index in [1.165, 1.54) is 13.2 Å². The van der Waals surface area contributed by atoms with Crippen molar-refractivity contribution < 1.29 is 28.9 Å². The summed E-state index contributed by atoms with van der Waals surface area (Å²) in [4.78, 5) is 29.8. The predicted octanol–water partition coefficient (Wildman–Crippen LogP) is 1.72. The van der Waals surface area contributed by atoms with Gasteiger partial charge in [0.2, 0.25) is 0 Å². The largest absolute Gasteiger partial charge is 0.503 e. The summed E-state index contributed by atoms with van der Waals surface area (Å²) in [6.45, 7) is 0.723. The van der Waals surface area contributed by atoms with Gasteiger partial charge in [-0.3, -0.25) is 4.79 Å². The van der Waals surface area contributed by atoms with Gasteiger partial charge in [0, 0.05) is 43.5 Å². The Hall–Kier alpha value is -3.49. The molecule has 1 aromatic carbocycles. The maximum atomic E-state index is 12.9. The zero-order valence-corrected chi connectivity index (χ0v) is 15.8. The summed E-state index contributed by atoms with van der Waals surface area (Å²) in [6.07, 6.45) is 0.962. The van der Waals surface area contributed by atoms with Crippen LogP contribution in [0.4, 0.5) is 4.79 Å². The molecule has 2 N–H and O–H groups in total. The van der Waals surface area contributed by atoms with E-state index in [1.54, 1.807) is 31.3 Å². The molecule has 0 saturated carbocycles. The summed E-state index contributed by atoms with van der Waals surface area (Å²) in [7, 11) is 4.52. The molecule has 0 bridgehead atoms. The summed E-state index contributed by atoms with van der Waals surface area (Å²) in [6, 6.07) is 5.40. The molecule has 0 saturated heterocycles. The van der Waals surface area contributed by atoms with Gasteiger partial charge in [0.1, 0.15) is 11.5 Å². The van der Waals surface area contributed by atoms with Crippen molar-refractivity contribution in [1.82, 2.24) is 15.2 Å². The van der Waals surface area contributed by atoms with Gasteiger partial charge < -0.3 is 29.5 Å². The number of hydrogen-bond acceptors (Lipinski definition) is 7. The Morgan fingerprint density at radius 2 is 2.11 bits per heavy atom. The van der Waals surface area contributed by atoms with Crippen molar-refractivity contribution in [3.8, 4) is 23.1 Å². The van der Waals surface area contributed by atoms with Crippen molar-refractivity contribution in [2.75, 3.05) is 27.8 Å². The van der Waals surface area contributed by atoms with Crippen LogP contribution in [0.15, 0.2) is 24.4 Å². The second kappa shape index (κ2) is 8.03. The molecular formula is C19H21N3O6. The number of pyridine rings is 1. The number of fused-ring (bicyclic) bond motifs is 1. The zero-order valence-electron chi connectivity index (χ0n) is 15.8. The Bertz CT molecular complexity index is 915. The number of amides is 2. The predicted molar refractivity (Wildman–Crippen MR) is 99.0 cm³/mol. The quantitative estimate of drug-likeness (QED) is 0.804. The van der Waals surface area contributed by atoms with Gasteiger partial charge in [-0.05, 0) is 18.6 Å². The molecular weight excluding hydrogens is 366 g/mol. The second-order valence-corrected chi connectivity index (χ2v) is 6.10.